The lowest BCUT2D eigenvalue weighted by Gasteiger charge is -2.26. The fourth-order valence-electron chi connectivity index (χ4n) is 2.93. The van der Waals surface area contributed by atoms with E-state index in [1.54, 1.807) is 6.07 Å². The van der Waals surface area contributed by atoms with Crippen LogP contribution < -0.4 is 10.9 Å². The van der Waals surface area contributed by atoms with Crippen molar-refractivity contribution in [3.05, 3.63) is 69.2 Å². The van der Waals surface area contributed by atoms with Crippen LogP contribution in [0.15, 0.2) is 47.3 Å². The van der Waals surface area contributed by atoms with E-state index in [-0.39, 0.29) is 5.56 Å². The molecule has 3 aromatic rings. The van der Waals surface area contributed by atoms with Gasteiger partial charge in [0.15, 0.2) is 5.11 Å². The van der Waals surface area contributed by atoms with E-state index in [2.05, 4.69) is 22.2 Å². The summed E-state index contributed by atoms with van der Waals surface area (Å²) < 4.78 is 0. The number of halogens is 1. The van der Waals surface area contributed by atoms with Crippen LogP contribution in [-0.4, -0.2) is 26.5 Å². The Balaban J connectivity index is 1.84. The number of nitrogens with one attached hydrogen (secondary N) is 2. The van der Waals surface area contributed by atoms with Crippen molar-refractivity contribution >= 4 is 45.5 Å². The Hall–Kier alpha value is -2.44. The molecule has 0 fully saturated rings. The van der Waals surface area contributed by atoms with E-state index in [1.165, 1.54) is 0 Å². The number of unbranched alkanes of at least 4 members (excludes halogenated alkanes) is 1. The highest BCUT2D eigenvalue weighted by atomic mass is 35.5. The van der Waals surface area contributed by atoms with Crippen molar-refractivity contribution in [1.29, 1.82) is 0 Å². The summed E-state index contributed by atoms with van der Waals surface area (Å²) in [5, 5.41) is 5.14. The number of hydrogen-bond acceptors (Lipinski definition) is 3. The summed E-state index contributed by atoms with van der Waals surface area (Å²) in [7, 11) is 0. The first-order chi connectivity index (χ1) is 13.5. The minimum absolute atomic E-state index is 0.138. The molecule has 5 nitrogen and oxygen atoms in total. The molecule has 0 bridgehead atoms. The first kappa shape index (κ1) is 20.3. The SMILES string of the molecule is CCCCN(Cc1nc2ccccc2c(=O)[nH]1)C(=S)Nc1cccc(Cl)c1C. The molecule has 0 saturated carbocycles. The predicted molar refractivity (Wildman–Crippen MR) is 120 cm³/mol. The van der Waals surface area contributed by atoms with Crippen molar-refractivity contribution in [3.8, 4) is 0 Å². The van der Waals surface area contributed by atoms with Gasteiger partial charge < -0.3 is 15.2 Å². The normalized spacial score (nSPS) is 10.8. The van der Waals surface area contributed by atoms with Crippen molar-refractivity contribution < 1.29 is 0 Å². The second kappa shape index (κ2) is 9.17. The summed E-state index contributed by atoms with van der Waals surface area (Å²) in [5.41, 5.74) is 2.36. The minimum atomic E-state index is -0.138. The molecule has 0 amide bonds. The third kappa shape index (κ3) is 4.69. The number of H-pyrrole nitrogens is 1. The van der Waals surface area contributed by atoms with Gasteiger partial charge in [0.2, 0.25) is 0 Å². The predicted octanol–water partition coefficient (Wildman–Crippen LogP) is 4.88. The zero-order chi connectivity index (χ0) is 20.1. The van der Waals surface area contributed by atoms with E-state index >= 15 is 0 Å². The molecule has 3 rings (SSSR count). The first-order valence-electron chi connectivity index (χ1n) is 9.28. The zero-order valence-corrected chi connectivity index (χ0v) is 17.5. The molecular weight excluding hydrogens is 392 g/mol. The number of fused-ring (bicyclic) bond motifs is 1. The van der Waals surface area contributed by atoms with Gasteiger partial charge >= 0.3 is 0 Å². The molecule has 0 saturated heterocycles. The van der Waals surface area contributed by atoms with Crippen molar-refractivity contribution in [1.82, 2.24) is 14.9 Å². The quantitative estimate of drug-likeness (QED) is 0.562. The van der Waals surface area contributed by atoms with Crippen LogP contribution in [0.25, 0.3) is 10.9 Å². The number of hydrogen-bond donors (Lipinski definition) is 2. The smallest absolute Gasteiger partial charge is 0.258 e. The monoisotopic (exact) mass is 414 g/mol. The van der Waals surface area contributed by atoms with Crippen molar-refractivity contribution in [2.45, 2.75) is 33.2 Å². The number of benzene rings is 2. The highest BCUT2D eigenvalue weighted by molar-refractivity contribution is 7.80. The maximum atomic E-state index is 12.4. The number of para-hydroxylation sites is 1. The number of rotatable bonds is 6. The molecule has 7 heteroatoms. The van der Waals surface area contributed by atoms with Gasteiger partial charge in [0.05, 0.1) is 17.4 Å². The molecule has 28 heavy (non-hydrogen) atoms. The Labute approximate surface area is 174 Å². The Morgan fingerprint density at radius 1 is 1.25 bits per heavy atom. The van der Waals surface area contributed by atoms with Crippen LogP contribution in [0.5, 0.6) is 0 Å². The van der Waals surface area contributed by atoms with Gasteiger partial charge in [-0.25, -0.2) is 4.98 Å². The largest absolute Gasteiger partial charge is 0.342 e. The third-order valence-electron chi connectivity index (χ3n) is 4.58. The van der Waals surface area contributed by atoms with Crippen molar-refractivity contribution in [3.63, 3.8) is 0 Å². The van der Waals surface area contributed by atoms with Crippen molar-refractivity contribution in [2.75, 3.05) is 11.9 Å². The molecule has 1 heterocycles. The molecule has 0 aliphatic carbocycles. The molecule has 146 valence electrons. The molecular formula is C21H23ClN4OS. The molecule has 0 unspecified atom stereocenters. The molecule has 0 radical (unpaired) electrons. The lowest BCUT2D eigenvalue weighted by molar-refractivity contribution is 0.397. The molecule has 2 aromatic carbocycles. The van der Waals surface area contributed by atoms with Crippen LogP contribution in [-0.2, 0) is 6.54 Å². The summed E-state index contributed by atoms with van der Waals surface area (Å²) in [4.78, 5) is 21.9. The van der Waals surface area contributed by atoms with E-state index in [1.807, 2.05) is 48.2 Å². The standard InChI is InChI=1S/C21H23ClN4OS/c1-3-4-12-26(21(28)24-17-11-7-9-16(22)14(17)2)13-19-23-18-10-6-5-8-15(18)20(27)25-19/h5-11H,3-4,12-13H2,1-2H3,(H,24,28)(H,23,25,27). The van der Waals surface area contributed by atoms with Gasteiger partial charge in [-0.05, 0) is 55.4 Å². The van der Waals surface area contributed by atoms with Gasteiger partial charge in [-0.2, -0.15) is 0 Å². The van der Waals surface area contributed by atoms with Crippen LogP contribution in [0.2, 0.25) is 5.02 Å². The molecule has 0 atom stereocenters. The maximum Gasteiger partial charge on any atom is 0.258 e. The van der Waals surface area contributed by atoms with E-state index in [9.17, 15) is 4.79 Å². The number of thiocarbonyl (C=S) groups is 1. The second-order valence-electron chi connectivity index (χ2n) is 6.65. The average Bonchev–Trinajstić information content (AvgIpc) is 2.68. The van der Waals surface area contributed by atoms with Gasteiger partial charge in [0.1, 0.15) is 5.82 Å². The minimum Gasteiger partial charge on any atom is -0.342 e. The summed E-state index contributed by atoms with van der Waals surface area (Å²) in [5.74, 6) is 0.590. The molecule has 0 spiro atoms. The summed E-state index contributed by atoms with van der Waals surface area (Å²) in [6, 6.07) is 13.0. The van der Waals surface area contributed by atoms with E-state index in [0.29, 0.717) is 33.4 Å². The summed E-state index contributed by atoms with van der Waals surface area (Å²) >= 11 is 11.9. The summed E-state index contributed by atoms with van der Waals surface area (Å²) in [6.45, 7) is 5.27. The molecule has 0 aliphatic rings. The van der Waals surface area contributed by atoms with Crippen LogP contribution in [0.1, 0.15) is 31.2 Å². The molecule has 1 aromatic heterocycles. The van der Waals surface area contributed by atoms with Gasteiger partial charge in [-0.15, -0.1) is 0 Å². The number of nitrogens with zero attached hydrogens (tertiary/aromatic N) is 2. The zero-order valence-electron chi connectivity index (χ0n) is 16.0. The van der Waals surface area contributed by atoms with Crippen LogP contribution in [0.4, 0.5) is 5.69 Å². The number of aromatic amines is 1. The lowest BCUT2D eigenvalue weighted by Crippen LogP contribution is -2.36. The average molecular weight is 415 g/mol. The highest BCUT2D eigenvalue weighted by Gasteiger charge is 2.14. The Bertz CT molecular complexity index is 1050. The van der Waals surface area contributed by atoms with Crippen molar-refractivity contribution in [2.24, 2.45) is 0 Å². The van der Waals surface area contributed by atoms with Crippen LogP contribution in [0.3, 0.4) is 0 Å². The van der Waals surface area contributed by atoms with E-state index in [0.717, 1.165) is 30.6 Å². The Morgan fingerprint density at radius 2 is 2.04 bits per heavy atom. The van der Waals surface area contributed by atoms with Crippen LogP contribution in [0, 0.1) is 6.92 Å². The second-order valence-corrected chi connectivity index (χ2v) is 7.44. The molecule has 2 N–H and O–H groups in total. The summed E-state index contributed by atoms with van der Waals surface area (Å²) in [6.07, 6.45) is 2.02. The van der Waals surface area contributed by atoms with Gasteiger partial charge in [0, 0.05) is 17.3 Å². The highest BCUT2D eigenvalue weighted by Crippen LogP contribution is 2.23. The third-order valence-corrected chi connectivity index (χ3v) is 5.35. The molecule has 0 aliphatic heterocycles. The fraction of sp³-hybridized carbons (Fsp3) is 0.286. The number of anilines is 1. The van der Waals surface area contributed by atoms with Gasteiger partial charge in [-0.3, -0.25) is 4.79 Å². The van der Waals surface area contributed by atoms with E-state index < -0.39 is 0 Å². The Morgan fingerprint density at radius 3 is 2.82 bits per heavy atom. The first-order valence-corrected chi connectivity index (χ1v) is 10.1. The van der Waals surface area contributed by atoms with Gasteiger partial charge in [0.25, 0.3) is 5.56 Å². The lowest BCUT2D eigenvalue weighted by atomic mass is 10.2. The van der Waals surface area contributed by atoms with Gasteiger partial charge in [-0.1, -0.05) is 43.1 Å². The fourth-order valence-corrected chi connectivity index (χ4v) is 3.37. The van der Waals surface area contributed by atoms with E-state index in [4.69, 9.17) is 23.8 Å². The topological polar surface area (TPSA) is 61.0 Å². The Kier molecular flexibility index (Phi) is 6.65. The number of aromatic nitrogens is 2. The van der Waals surface area contributed by atoms with Crippen LogP contribution >= 0.6 is 23.8 Å². The maximum absolute atomic E-state index is 12.4.